The highest BCUT2D eigenvalue weighted by Gasteiger charge is 2.17. The van der Waals surface area contributed by atoms with E-state index in [4.69, 9.17) is 16.3 Å². The third kappa shape index (κ3) is 3.21. The number of hydrogen-bond donors (Lipinski definition) is 0. The van der Waals surface area contributed by atoms with Crippen LogP contribution in [-0.2, 0) is 18.4 Å². The third-order valence-corrected chi connectivity index (χ3v) is 5.37. The Morgan fingerprint density at radius 3 is 2.77 bits per heavy atom. The first-order chi connectivity index (χ1) is 14.9. The van der Waals surface area contributed by atoms with Gasteiger partial charge in [-0.05, 0) is 49.4 Å². The normalized spacial score (nSPS) is 11.5. The van der Waals surface area contributed by atoms with Crippen molar-refractivity contribution in [3.05, 3.63) is 81.0 Å². The van der Waals surface area contributed by atoms with Crippen LogP contribution >= 0.6 is 11.6 Å². The Bertz CT molecular complexity index is 1570. The molecule has 0 aliphatic heterocycles. The number of pyridine rings is 1. The zero-order valence-corrected chi connectivity index (χ0v) is 17.4. The first-order valence-electron chi connectivity index (χ1n) is 9.49. The predicted molar refractivity (Wildman–Crippen MR) is 116 cm³/mol. The highest BCUT2D eigenvalue weighted by Crippen LogP contribution is 2.19. The first-order valence-corrected chi connectivity index (χ1v) is 9.87. The summed E-state index contributed by atoms with van der Waals surface area (Å²) in [6, 6.07) is 14.1. The summed E-state index contributed by atoms with van der Waals surface area (Å²) >= 11 is 5.91. The molecule has 31 heavy (non-hydrogen) atoms. The van der Waals surface area contributed by atoms with Crippen LogP contribution < -0.4 is 5.56 Å². The fourth-order valence-electron chi connectivity index (χ4n) is 3.59. The number of esters is 1. The molecule has 9 heteroatoms. The molecule has 8 nitrogen and oxygen atoms in total. The number of fused-ring (bicyclic) bond motifs is 4. The molecule has 3 aromatic heterocycles. The number of halogens is 1. The Kier molecular flexibility index (Phi) is 4.44. The lowest BCUT2D eigenvalue weighted by molar-refractivity contribution is 0.0461. The summed E-state index contributed by atoms with van der Waals surface area (Å²) in [7, 11) is 1.64. The van der Waals surface area contributed by atoms with E-state index in [2.05, 4.69) is 15.2 Å². The van der Waals surface area contributed by atoms with E-state index in [1.54, 1.807) is 41.8 Å². The van der Waals surface area contributed by atoms with Gasteiger partial charge in [0.15, 0.2) is 12.4 Å². The Morgan fingerprint density at radius 2 is 1.94 bits per heavy atom. The van der Waals surface area contributed by atoms with Crippen LogP contribution in [0.3, 0.4) is 0 Å². The average molecular weight is 434 g/mol. The molecule has 0 atom stereocenters. The average Bonchev–Trinajstić information content (AvgIpc) is 3.19. The maximum atomic E-state index is 12.7. The van der Waals surface area contributed by atoms with E-state index in [-0.39, 0.29) is 12.2 Å². The Balaban J connectivity index is 1.50. The van der Waals surface area contributed by atoms with Crippen molar-refractivity contribution in [1.29, 1.82) is 0 Å². The molecule has 0 spiro atoms. The fourth-order valence-corrected chi connectivity index (χ4v) is 3.75. The van der Waals surface area contributed by atoms with Gasteiger partial charge in [-0.15, -0.1) is 10.2 Å². The van der Waals surface area contributed by atoms with Gasteiger partial charge in [0.2, 0.25) is 5.78 Å². The van der Waals surface area contributed by atoms with Crippen molar-refractivity contribution < 1.29 is 9.53 Å². The zero-order chi connectivity index (χ0) is 21.7. The van der Waals surface area contributed by atoms with Crippen molar-refractivity contribution in [2.45, 2.75) is 13.5 Å². The van der Waals surface area contributed by atoms with E-state index in [1.807, 2.05) is 25.1 Å². The van der Waals surface area contributed by atoms with Gasteiger partial charge >= 0.3 is 5.97 Å². The summed E-state index contributed by atoms with van der Waals surface area (Å²) in [6.45, 7) is 1.82. The molecule has 0 bridgehead atoms. The number of aryl methyl sites for hydroxylation is 2. The van der Waals surface area contributed by atoms with Crippen molar-refractivity contribution in [3.63, 3.8) is 0 Å². The molecule has 2 aromatic carbocycles. The molecule has 0 N–H and O–H groups in total. The van der Waals surface area contributed by atoms with E-state index in [9.17, 15) is 9.59 Å². The van der Waals surface area contributed by atoms with Crippen LogP contribution in [0.4, 0.5) is 0 Å². The largest absolute Gasteiger partial charge is 0.454 e. The quantitative estimate of drug-likeness (QED) is 0.319. The highest BCUT2D eigenvalue weighted by molar-refractivity contribution is 6.29. The smallest absolute Gasteiger partial charge is 0.338 e. The number of ether oxygens (including phenoxy) is 1. The highest BCUT2D eigenvalue weighted by atomic mass is 35.5. The molecule has 0 aliphatic carbocycles. The zero-order valence-electron chi connectivity index (χ0n) is 16.7. The van der Waals surface area contributed by atoms with Crippen molar-refractivity contribution in [3.8, 4) is 0 Å². The minimum absolute atomic E-state index is 0.0991. The van der Waals surface area contributed by atoms with Crippen LogP contribution in [0, 0.1) is 6.92 Å². The van der Waals surface area contributed by atoms with Gasteiger partial charge in [-0.1, -0.05) is 23.2 Å². The van der Waals surface area contributed by atoms with E-state index in [1.165, 1.54) is 4.57 Å². The molecule has 5 rings (SSSR count). The Morgan fingerprint density at radius 1 is 1.10 bits per heavy atom. The predicted octanol–water partition coefficient (Wildman–Crippen LogP) is 3.45. The Labute approximate surface area is 180 Å². The second kappa shape index (κ2) is 7.17. The van der Waals surface area contributed by atoms with Crippen LogP contribution in [0.1, 0.15) is 21.7 Å². The number of nitrogens with zero attached hydrogens (tertiary/aromatic N) is 5. The standard InChI is InChI=1S/C22H16ClN5O3/c1-12-3-7-17-15(9-12)20(29)27(2)22-26-25-19(28(17)22)11-31-21(30)14-4-6-16-13(10-14)5-8-18(23)24-16/h3-10H,11H2,1-2H3. The molecule has 0 saturated carbocycles. The molecule has 0 amide bonds. The molecule has 0 unspecified atom stereocenters. The lowest BCUT2D eigenvalue weighted by Gasteiger charge is -2.09. The molecule has 0 radical (unpaired) electrons. The van der Waals surface area contributed by atoms with Crippen LogP contribution in [-0.4, -0.2) is 30.1 Å². The fraction of sp³-hybridized carbons (Fsp3) is 0.136. The topological polar surface area (TPSA) is 91.4 Å². The van der Waals surface area contributed by atoms with Crippen molar-refractivity contribution in [2.24, 2.45) is 7.05 Å². The van der Waals surface area contributed by atoms with Crippen LogP contribution in [0.2, 0.25) is 5.15 Å². The van der Waals surface area contributed by atoms with Gasteiger partial charge in [-0.25, -0.2) is 9.78 Å². The summed E-state index contributed by atoms with van der Waals surface area (Å²) in [5, 5.41) is 9.97. The van der Waals surface area contributed by atoms with Crippen LogP contribution in [0.25, 0.3) is 27.6 Å². The third-order valence-electron chi connectivity index (χ3n) is 5.16. The van der Waals surface area contributed by atoms with Gasteiger partial charge < -0.3 is 4.74 Å². The van der Waals surface area contributed by atoms with E-state index < -0.39 is 5.97 Å². The molecule has 154 valence electrons. The number of carbonyl (C=O) groups excluding carboxylic acids is 1. The molecule has 5 aromatic rings. The van der Waals surface area contributed by atoms with Gasteiger partial charge in [0.05, 0.1) is 22.0 Å². The van der Waals surface area contributed by atoms with Gasteiger partial charge in [0.25, 0.3) is 5.56 Å². The molecule has 3 heterocycles. The lowest BCUT2D eigenvalue weighted by Crippen LogP contribution is -2.20. The summed E-state index contributed by atoms with van der Waals surface area (Å²) in [5.74, 6) is 0.293. The molecule has 0 saturated heterocycles. The van der Waals surface area contributed by atoms with Crippen LogP contribution in [0.15, 0.2) is 53.3 Å². The van der Waals surface area contributed by atoms with Gasteiger partial charge in [0, 0.05) is 12.4 Å². The van der Waals surface area contributed by atoms with E-state index in [0.717, 1.165) is 10.9 Å². The minimum Gasteiger partial charge on any atom is -0.454 e. The summed E-state index contributed by atoms with van der Waals surface area (Å²) in [4.78, 5) is 29.5. The monoisotopic (exact) mass is 433 g/mol. The lowest BCUT2D eigenvalue weighted by atomic mass is 10.1. The number of aromatic nitrogens is 5. The van der Waals surface area contributed by atoms with Gasteiger partial charge in [-0.3, -0.25) is 13.8 Å². The van der Waals surface area contributed by atoms with Crippen molar-refractivity contribution in [2.75, 3.05) is 0 Å². The molecule has 0 aliphatic rings. The van der Waals surface area contributed by atoms with E-state index in [0.29, 0.717) is 38.7 Å². The first kappa shape index (κ1) is 19.2. The summed E-state index contributed by atoms with van der Waals surface area (Å²) < 4.78 is 8.66. The van der Waals surface area contributed by atoms with Crippen LogP contribution in [0.5, 0.6) is 0 Å². The Hall–Kier alpha value is -3.78. The number of carbonyl (C=O) groups is 1. The number of rotatable bonds is 3. The van der Waals surface area contributed by atoms with Gasteiger partial charge in [-0.2, -0.15) is 0 Å². The second-order valence-electron chi connectivity index (χ2n) is 7.25. The van der Waals surface area contributed by atoms with Crippen molar-refractivity contribution >= 4 is 45.2 Å². The molecular weight excluding hydrogens is 418 g/mol. The summed E-state index contributed by atoms with van der Waals surface area (Å²) in [5.41, 5.74) is 2.55. The SMILES string of the molecule is Cc1ccc2c(c1)c(=O)n(C)c1nnc(COC(=O)c3ccc4nc(Cl)ccc4c3)n21. The van der Waals surface area contributed by atoms with E-state index >= 15 is 0 Å². The molecular formula is C22H16ClN5O3. The van der Waals surface area contributed by atoms with Gasteiger partial charge in [0.1, 0.15) is 5.15 Å². The number of hydrogen-bond acceptors (Lipinski definition) is 6. The second-order valence-corrected chi connectivity index (χ2v) is 7.64. The minimum atomic E-state index is -0.501. The number of benzene rings is 2. The maximum absolute atomic E-state index is 12.7. The summed E-state index contributed by atoms with van der Waals surface area (Å²) in [6.07, 6.45) is 0. The maximum Gasteiger partial charge on any atom is 0.338 e. The molecule has 0 fully saturated rings. The van der Waals surface area contributed by atoms with Crippen molar-refractivity contribution in [1.82, 2.24) is 24.1 Å².